The fourth-order valence-electron chi connectivity index (χ4n) is 9.92. The number of hydrogen-bond acceptors (Lipinski definition) is 14. The number of nitrogens with zero attached hydrogens (tertiary/aromatic N) is 2. The summed E-state index contributed by atoms with van der Waals surface area (Å²) in [6.45, 7) is 6.33. The van der Waals surface area contributed by atoms with Crippen molar-refractivity contribution in [2.45, 2.75) is 68.6 Å². The zero-order valence-corrected chi connectivity index (χ0v) is 31.3. The number of fused-ring (bicyclic) bond motifs is 9. The molecule has 53 heavy (non-hydrogen) atoms. The third-order valence-corrected chi connectivity index (χ3v) is 13.7. The Morgan fingerprint density at radius 2 is 1.81 bits per heavy atom. The van der Waals surface area contributed by atoms with Crippen molar-refractivity contribution in [3.05, 3.63) is 62.7 Å². The summed E-state index contributed by atoms with van der Waals surface area (Å²) in [5.41, 5.74) is 5.22. The quantitative estimate of drug-likeness (QED) is 0.261. The second-order valence-electron chi connectivity index (χ2n) is 14.9. The molecule has 1 unspecified atom stereocenters. The van der Waals surface area contributed by atoms with Crippen LogP contribution in [0.15, 0.2) is 18.2 Å². The Hall–Kier alpha value is -4.37. The summed E-state index contributed by atoms with van der Waals surface area (Å²) in [5, 5.41) is 25.8. The summed E-state index contributed by atoms with van der Waals surface area (Å²) in [4.78, 5) is 32.3. The van der Waals surface area contributed by atoms with E-state index in [1.807, 2.05) is 13.8 Å². The van der Waals surface area contributed by atoms with E-state index in [9.17, 15) is 19.8 Å². The van der Waals surface area contributed by atoms with Gasteiger partial charge in [-0.25, -0.2) is 4.79 Å². The van der Waals surface area contributed by atoms with Gasteiger partial charge in [-0.3, -0.25) is 19.9 Å². The number of nitrogens with one attached hydrogen (secondary N) is 1. The number of phenols is 2. The van der Waals surface area contributed by atoms with Gasteiger partial charge in [0.1, 0.15) is 12.4 Å². The molecule has 13 nitrogen and oxygen atoms in total. The lowest BCUT2D eigenvalue weighted by Crippen LogP contribution is -2.65. The summed E-state index contributed by atoms with van der Waals surface area (Å²) in [6, 6.07) is 4.51. The van der Waals surface area contributed by atoms with Crippen LogP contribution in [0.4, 0.5) is 0 Å². The van der Waals surface area contributed by atoms with Crippen LogP contribution in [0, 0.1) is 13.8 Å². The second kappa shape index (κ2) is 12.3. The summed E-state index contributed by atoms with van der Waals surface area (Å²) in [6.07, 6.45) is 1.31. The topological polar surface area (TPSA) is 148 Å². The first-order valence-electron chi connectivity index (χ1n) is 17.9. The van der Waals surface area contributed by atoms with Crippen molar-refractivity contribution in [1.29, 1.82) is 0 Å². The van der Waals surface area contributed by atoms with E-state index in [-0.39, 0.29) is 54.5 Å². The number of piperazine rings is 1. The third-order valence-electron chi connectivity index (χ3n) is 12.2. The molecule has 0 aromatic heterocycles. The molecule has 7 aliphatic heterocycles. The molecule has 4 bridgehead atoms. The monoisotopic (exact) mass is 745 g/mol. The predicted octanol–water partition coefficient (Wildman–Crippen LogP) is 4.09. The van der Waals surface area contributed by atoms with Crippen molar-refractivity contribution in [1.82, 2.24) is 15.1 Å². The Morgan fingerprint density at radius 3 is 2.57 bits per heavy atom. The summed E-state index contributed by atoms with van der Waals surface area (Å²) in [5.74, 6) is 1.66. The maximum absolute atomic E-state index is 14.7. The number of carbonyl (C=O) groups excluding carboxylic acids is 2. The molecule has 10 rings (SSSR count). The van der Waals surface area contributed by atoms with E-state index in [4.69, 9.17) is 28.4 Å². The van der Waals surface area contributed by atoms with E-state index in [0.717, 1.165) is 33.4 Å². The summed E-state index contributed by atoms with van der Waals surface area (Å²) < 4.78 is 36.2. The third kappa shape index (κ3) is 4.81. The number of phenolic OH excluding ortho intramolecular Hbond substituents is 2. The van der Waals surface area contributed by atoms with E-state index in [2.05, 4.69) is 28.2 Å². The molecule has 3 aromatic carbocycles. The van der Waals surface area contributed by atoms with Gasteiger partial charge in [-0.2, -0.15) is 0 Å². The van der Waals surface area contributed by atoms with Gasteiger partial charge >= 0.3 is 11.9 Å². The molecule has 0 radical (unpaired) electrons. The van der Waals surface area contributed by atoms with E-state index in [0.29, 0.717) is 60.1 Å². The number of thioether (sulfide) groups is 1. The molecule has 0 amide bonds. The van der Waals surface area contributed by atoms with Crippen LogP contribution < -0.4 is 29.0 Å². The van der Waals surface area contributed by atoms with Gasteiger partial charge in [-0.05, 0) is 68.1 Å². The number of ether oxygens (including phenoxy) is 6. The highest BCUT2D eigenvalue weighted by Crippen LogP contribution is 2.63. The van der Waals surface area contributed by atoms with Crippen LogP contribution in [-0.4, -0.2) is 97.5 Å². The number of carbonyl (C=O) groups is 2. The van der Waals surface area contributed by atoms with Gasteiger partial charge in [-0.1, -0.05) is 6.07 Å². The molecule has 3 N–H and O–H groups in total. The molecule has 3 aromatic rings. The molecule has 14 heteroatoms. The average Bonchev–Trinajstić information content (AvgIpc) is 3.61. The van der Waals surface area contributed by atoms with E-state index in [1.54, 1.807) is 31.0 Å². The maximum atomic E-state index is 14.7. The highest BCUT2D eigenvalue weighted by Gasteiger charge is 2.59. The van der Waals surface area contributed by atoms with Crippen LogP contribution in [0.3, 0.4) is 0 Å². The lowest BCUT2D eigenvalue weighted by Gasteiger charge is -2.60. The van der Waals surface area contributed by atoms with Crippen molar-refractivity contribution in [3.63, 3.8) is 0 Å². The smallest absolute Gasteiger partial charge is 0.331 e. The Labute approximate surface area is 311 Å². The van der Waals surface area contributed by atoms with E-state index < -0.39 is 28.8 Å². The molecular formula is C39H43N3O10S. The number of aryl methyl sites for hydroxylation is 1. The highest BCUT2D eigenvalue weighted by atomic mass is 32.2. The molecular weight excluding hydrogens is 703 g/mol. The molecule has 0 saturated carbocycles. The van der Waals surface area contributed by atoms with Crippen LogP contribution in [0.1, 0.15) is 68.8 Å². The van der Waals surface area contributed by atoms with Gasteiger partial charge in [0.25, 0.3) is 0 Å². The predicted molar refractivity (Wildman–Crippen MR) is 193 cm³/mol. The van der Waals surface area contributed by atoms with E-state index in [1.165, 1.54) is 14.0 Å². The van der Waals surface area contributed by atoms with Crippen molar-refractivity contribution in [2.24, 2.45) is 0 Å². The molecule has 7 heterocycles. The van der Waals surface area contributed by atoms with Crippen LogP contribution in [0.2, 0.25) is 0 Å². The molecule has 280 valence electrons. The van der Waals surface area contributed by atoms with Gasteiger partial charge in [0.05, 0.1) is 31.6 Å². The Bertz CT molecular complexity index is 2090. The van der Waals surface area contributed by atoms with Gasteiger partial charge in [0.2, 0.25) is 6.79 Å². The number of rotatable bonds is 3. The van der Waals surface area contributed by atoms with Gasteiger partial charge < -0.3 is 38.6 Å². The number of esters is 2. The van der Waals surface area contributed by atoms with Crippen LogP contribution in [-0.2, 0) is 32.7 Å². The van der Waals surface area contributed by atoms with Gasteiger partial charge in [0, 0.05) is 60.1 Å². The van der Waals surface area contributed by atoms with Crippen LogP contribution in [0.5, 0.6) is 40.2 Å². The normalized spacial score (nSPS) is 28.3. The zero-order valence-electron chi connectivity index (χ0n) is 30.5. The van der Waals surface area contributed by atoms with Gasteiger partial charge in [0.15, 0.2) is 40.0 Å². The first kappa shape index (κ1) is 34.4. The molecule has 2 saturated heterocycles. The number of aromatic hydroxyl groups is 2. The number of likely N-dealkylation sites (N-methyl/N-ethyl adjacent to an activating group) is 1. The minimum Gasteiger partial charge on any atom is -0.504 e. The van der Waals surface area contributed by atoms with Crippen LogP contribution in [0.25, 0.3) is 0 Å². The van der Waals surface area contributed by atoms with E-state index >= 15 is 0 Å². The number of methoxy groups -OCH3 is 2. The lowest BCUT2D eigenvalue weighted by molar-refractivity contribution is -0.156. The first-order valence-corrected chi connectivity index (χ1v) is 19.0. The van der Waals surface area contributed by atoms with Gasteiger partial charge in [-0.15, -0.1) is 11.8 Å². The first-order chi connectivity index (χ1) is 25.5. The fraction of sp³-hybridized carbons (Fsp3) is 0.487. The Balaban J connectivity index is 1.30. The Morgan fingerprint density at radius 1 is 1.02 bits per heavy atom. The minimum absolute atomic E-state index is 0.00613. The largest absolute Gasteiger partial charge is 0.504 e. The maximum Gasteiger partial charge on any atom is 0.331 e. The van der Waals surface area contributed by atoms with Crippen molar-refractivity contribution in [2.75, 3.05) is 53.5 Å². The molecule has 7 aliphatic rings. The second-order valence-corrected chi connectivity index (χ2v) is 16.0. The SMILES string of the molecule is COc1cc2c(cc1O)CCN[C@@]21CS[C@@H]2c3c(OC(C)=O)c(C)c4c(c3[C@H](COC1=O)N1C[C@@H]3Cc5cc(C)c(OC)c(O)c5[C@H](C21)N3C)OCO4. The molecule has 1 spiro atoms. The zero-order chi connectivity index (χ0) is 37.1. The summed E-state index contributed by atoms with van der Waals surface area (Å²) >= 11 is 1.58. The minimum atomic E-state index is -1.29. The van der Waals surface area contributed by atoms with Crippen molar-refractivity contribution < 1.29 is 48.2 Å². The molecule has 6 atom stereocenters. The lowest BCUT2D eigenvalue weighted by atomic mass is 9.73. The summed E-state index contributed by atoms with van der Waals surface area (Å²) in [7, 11) is 5.17. The van der Waals surface area contributed by atoms with Crippen molar-refractivity contribution in [3.8, 4) is 40.2 Å². The van der Waals surface area contributed by atoms with Crippen molar-refractivity contribution >= 4 is 23.7 Å². The van der Waals surface area contributed by atoms with Crippen LogP contribution >= 0.6 is 11.8 Å². The molecule has 2 fully saturated rings. The highest BCUT2D eigenvalue weighted by molar-refractivity contribution is 7.99. The fourth-order valence-corrected chi connectivity index (χ4v) is 11.6. The Kier molecular flexibility index (Phi) is 8.01. The number of benzene rings is 3. The molecule has 0 aliphatic carbocycles. The number of hydrogen-bond donors (Lipinski definition) is 3. The standard InChI is InChI=1S/C39H43N3O10S/c1-17-9-21-10-22-13-42-24-14-49-38(46)39(23-12-26(47-5)25(44)11-20(23)7-8-40-39)15-53-37(31(42)30(41(22)4)27(21)32(45)33(17)48-6)29-28(24)36-35(50-16-51-36)18(2)34(29)52-19(3)43/h9,11-12,22,24,30-31,37,40,44-45H,7-8,10,13-16H2,1-6H3/t22-,24-,30+,31?,37+,39-/m0/s1. The average molecular weight is 746 g/mol.